The fraction of sp³-hybridized carbons (Fsp3) is 0.909. The normalized spacial score (nSPS) is 38.4. The summed E-state index contributed by atoms with van der Waals surface area (Å²) in [5, 5.41) is 0. The first-order valence-corrected chi connectivity index (χ1v) is 5.38. The molecule has 0 aliphatic heterocycles. The number of carbonyl (C=O) groups is 1. The van der Waals surface area contributed by atoms with Gasteiger partial charge in [0.05, 0.1) is 12.5 Å². The highest BCUT2D eigenvalue weighted by atomic mass is 16.5. The van der Waals surface area contributed by atoms with Crippen LogP contribution in [0.5, 0.6) is 0 Å². The molecule has 0 heterocycles. The molecule has 0 unspecified atom stereocenters. The monoisotopic (exact) mass is 182 g/mol. The molecule has 2 heteroatoms. The lowest BCUT2D eigenvalue weighted by Gasteiger charge is -2.36. The minimum absolute atomic E-state index is 0.0625. The van der Waals surface area contributed by atoms with Crippen LogP contribution in [0.15, 0.2) is 0 Å². The predicted molar refractivity (Wildman–Crippen MR) is 50.3 cm³/mol. The maximum absolute atomic E-state index is 11.7. The number of ether oxygens (including phenoxy) is 1. The maximum Gasteiger partial charge on any atom is 0.312 e. The second-order valence-corrected chi connectivity index (χ2v) is 4.48. The molecule has 0 aromatic heterocycles. The molecule has 0 aromatic rings. The van der Waals surface area contributed by atoms with Crippen molar-refractivity contribution < 1.29 is 9.53 Å². The van der Waals surface area contributed by atoms with Gasteiger partial charge in [-0.25, -0.2) is 0 Å². The van der Waals surface area contributed by atoms with Gasteiger partial charge in [-0.15, -0.1) is 0 Å². The van der Waals surface area contributed by atoms with Crippen molar-refractivity contribution in [2.45, 2.75) is 44.9 Å². The topological polar surface area (TPSA) is 26.3 Å². The van der Waals surface area contributed by atoms with Crippen LogP contribution in [0, 0.1) is 11.3 Å². The first kappa shape index (κ1) is 9.04. The van der Waals surface area contributed by atoms with E-state index in [1.807, 2.05) is 0 Å². The summed E-state index contributed by atoms with van der Waals surface area (Å²) in [6, 6.07) is 0. The number of hydrogen-bond acceptors (Lipinski definition) is 2. The highest BCUT2D eigenvalue weighted by Crippen LogP contribution is 2.52. The van der Waals surface area contributed by atoms with Gasteiger partial charge >= 0.3 is 5.97 Å². The molecule has 13 heavy (non-hydrogen) atoms. The Morgan fingerprint density at radius 2 is 1.92 bits per heavy atom. The Morgan fingerprint density at radius 3 is 2.69 bits per heavy atom. The number of rotatable bonds is 1. The van der Waals surface area contributed by atoms with Crippen molar-refractivity contribution in [3.05, 3.63) is 0 Å². The molecule has 2 aliphatic rings. The van der Waals surface area contributed by atoms with E-state index in [4.69, 9.17) is 4.74 Å². The largest absolute Gasteiger partial charge is 0.469 e. The lowest BCUT2D eigenvalue weighted by molar-refractivity contribution is -0.157. The minimum Gasteiger partial charge on any atom is -0.469 e. The Morgan fingerprint density at radius 1 is 1.23 bits per heavy atom. The van der Waals surface area contributed by atoms with Crippen molar-refractivity contribution in [3.8, 4) is 0 Å². The van der Waals surface area contributed by atoms with Gasteiger partial charge in [0, 0.05) is 0 Å². The van der Waals surface area contributed by atoms with Crippen molar-refractivity contribution in [3.63, 3.8) is 0 Å². The standard InChI is InChI=1S/C11H18O2/c1-13-10(12)11-7-3-2-5-9(11)6-4-8-11/h9H,2-8H2,1H3/t9-,11-/m1/s1. The molecule has 0 saturated heterocycles. The van der Waals surface area contributed by atoms with Gasteiger partial charge in [-0.05, 0) is 31.6 Å². The fourth-order valence-corrected chi connectivity index (χ4v) is 3.30. The minimum atomic E-state index is -0.0625. The summed E-state index contributed by atoms with van der Waals surface area (Å²) < 4.78 is 4.96. The Hall–Kier alpha value is -0.530. The van der Waals surface area contributed by atoms with E-state index in [0.717, 1.165) is 12.8 Å². The zero-order valence-electron chi connectivity index (χ0n) is 8.34. The van der Waals surface area contributed by atoms with Gasteiger partial charge in [0.2, 0.25) is 0 Å². The van der Waals surface area contributed by atoms with Crippen molar-refractivity contribution >= 4 is 5.97 Å². The van der Waals surface area contributed by atoms with Crippen LogP contribution in [0.25, 0.3) is 0 Å². The van der Waals surface area contributed by atoms with Crippen LogP contribution in [0.4, 0.5) is 0 Å². The number of hydrogen-bond donors (Lipinski definition) is 0. The molecule has 0 amide bonds. The fourth-order valence-electron chi connectivity index (χ4n) is 3.30. The molecule has 0 bridgehead atoms. The van der Waals surface area contributed by atoms with Gasteiger partial charge in [-0.3, -0.25) is 4.79 Å². The highest BCUT2D eigenvalue weighted by molar-refractivity contribution is 5.77. The molecular weight excluding hydrogens is 164 g/mol. The molecular formula is C11H18O2. The third-order valence-corrected chi connectivity index (χ3v) is 3.97. The van der Waals surface area contributed by atoms with Crippen LogP contribution in [0.1, 0.15) is 44.9 Å². The van der Waals surface area contributed by atoms with Crippen molar-refractivity contribution in [1.29, 1.82) is 0 Å². The molecule has 0 radical (unpaired) electrons. The SMILES string of the molecule is COC(=O)[C@@]12CCCC[C@@H]1CCC2. The predicted octanol–water partition coefficient (Wildman–Crippen LogP) is 2.52. The quantitative estimate of drug-likeness (QED) is 0.582. The van der Waals surface area contributed by atoms with Crippen molar-refractivity contribution in [2.24, 2.45) is 11.3 Å². The Balaban J connectivity index is 2.20. The van der Waals surface area contributed by atoms with Crippen LogP contribution in [-0.4, -0.2) is 13.1 Å². The summed E-state index contributed by atoms with van der Waals surface area (Å²) in [6.07, 6.45) is 8.38. The summed E-state index contributed by atoms with van der Waals surface area (Å²) in [5.41, 5.74) is -0.0625. The molecule has 74 valence electrons. The van der Waals surface area contributed by atoms with Crippen LogP contribution in [0.3, 0.4) is 0 Å². The van der Waals surface area contributed by atoms with Crippen LogP contribution < -0.4 is 0 Å². The van der Waals surface area contributed by atoms with Crippen molar-refractivity contribution in [1.82, 2.24) is 0 Å². The van der Waals surface area contributed by atoms with E-state index in [0.29, 0.717) is 5.92 Å². The second-order valence-electron chi connectivity index (χ2n) is 4.48. The summed E-state index contributed by atoms with van der Waals surface area (Å²) >= 11 is 0. The Bertz CT molecular complexity index is 212. The average Bonchev–Trinajstić information content (AvgIpc) is 2.61. The average molecular weight is 182 g/mol. The van der Waals surface area contributed by atoms with Crippen LogP contribution >= 0.6 is 0 Å². The van der Waals surface area contributed by atoms with Gasteiger partial charge in [0.25, 0.3) is 0 Å². The van der Waals surface area contributed by atoms with Gasteiger partial charge in [0.1, 0.15) is 0 Å². The maximum atomic E-state index is 11.7. The number of methoxy groups -OCH3 is 1. The first-order valence-electron chi connectivity index (χ1n) is 5.38. The Labute approximate surface area is 79.7 Å². The first-order chi connectivity index (χ1) is 6.29. The highest BCUT2D eigenvalue weighted by Gasteiger charge is 2.50. The molecule has 2 atom stereocenters. The molecule has 0 spiro atoms. The lowest BCUT2D eigenvalue weighted by Crippen LogP contribution is -2.38. The van der Waals surface area contributed by atoms with Gasteiger partial charge in [-0.1, -0.05) is 19.3 Å². The number of carbonyl (C=O) groups excluding carboxylic acids is 1. The zero-order valence-corrected chi connectivity index (χ0v) is 8.34. The molecule has 2 rings (SSSR count). The van der Waals surface area contributed by atoms with E-state index in [1.165, 1.54) is 39.2 Å². The number of esters is 1. The van der Waals surface area contributed by atoms with E-state index in [2.05, 4.69) is 0 Å². The zero-order chi connectivity index (χ0) is 9.31. The third-order valence-electron chi connectivity index (χ3n) is 3.97. The van der Waals surface area contributed by atoms with E-state index < -0.39 is 0 Å². The third kappa shape index (κ3) is 1.27. The van der Waals surface area contributed by atoms with E-state index in [-0.39, 0.29) is 11.4 Å². The van der Waals surface area contributed by atoms with Crippen molar-refractivity contribution in [2.75, 3.05) is 7.11 Å². The van der Waals surface area contributed by atoms with E-state index >= 15 is 0 Å². The summed E-state index contributed by atoms with van der Waals surface area (Å²) in [6.45, 7) is 0. The van der Waals surface area contributed by atoms with Crippen LogP contribution in [0.2, 0.25) is 0 Å². The van der Waals surface area contributed by atoms with E-state index in [9.17, 15) is 4.79 Å². The molecule has 2 nitrogen and oxygen atoms in total. The van der Waals surface area contributed by atoms with E-state index in [1.54, 1.807) is 0 Å². The molecule has 2 fully saturated rings. The van der Waals surface area contributed by atoms with Gasteiger partial charge in [-0.2, -0.15) is 0 Å². The lowest BCUT2D eigenvalue weighted by atomic mass is 9.68. The molecule has 0 aromatic carbocycles. The van der Waals surface area contributed by atoms with Gasteiger partial charge in [0.15, 0.2) is 0 Å². The number of fused-ring (bicyclic) bond motifs is 1. The summed E-state index contributed by atoms with van der Waals surface area (Å²) in [4.78, 5) is 11.7. The molecule has 0 N–H and O–H groups in total. The smallest absolute Gasteiger partial charge is 0.312 e. The molecule has 2 aliphatic carbocycles. The van der Waals surface area contributed by atoms with Crippen LogP contribution in [-0.2, 0) is 9.53 Å². The summed E-state index contributed by atoms with van der Waals surface area (Å²) in [5.74, 6) is 0.698. The summed E-state index contributed by atoms with van der Waals surface area (Å²) in [7, 11) is 1.53. The van der Waals surface area contributed by atoms with Gasteiger partial charge < -0.3 is 4.74 Å². The Kier molecular flexibility index (Phi) is 2.31. The second kappa shape index (κ2) is 3.32. The molecule has 2 saturated carbocycles.